The number of carboxylic acid groups (broad SMARTS) is 1. The third-order valence-corrected chi connectivity index (χ3v) is 2.96. The lowest BCUT2D eigenvalue weighted by molar-refractivity contribution is 0.0692. The van der Waals surface area contributed by atoms with Gasteiger partial charge in [0, 0.05) is 6.20 Å². The molecule has 3 aromatic rings. The molecule has 0 saturated heterocycles. The van der Waals surface area contributed by atoms with Gasteiger partial charge in [0.1, 0.15) is 11.6 Å². The fourth-order valence-electron chi connectivity index (χ4n) is 2.04. The average Bonchev–Trinajstić information content (AvgIpc) is 2.77. The molecule has 6 nitrogen and oxygen atoms in total. The average molecular weight is 290 g/mol. The Morgan fingerprint density at radius 1 is 1.29 bits per heavy atom. The van der Waals surface area contributed by atoms with Crippen molar-refractivity contribution in [3.63, 3.8) is 0 Å². The number of carbonyl (C=O) groups is 1. The lowest BCUT2D eigenvalue weighted by Gasteiger charge is -2.07. The number of fused-ring (bicyclic) bond motifs is 1. The van der Waals surface area contributed by atoms with Gasteiger partial charge in [-0.05, 0) is 29.8 Å². The van der Waals surface area contributed by atoms with Crippen LogP contribution in [0.1, 0.15) is 10.4 Å². The predicted molar refractivity (Wildman–Crippen MR) is 69.7 cm³/mol. The highest BCUT2D eigenvalue weighted by molar-refractivity contribution is 5.90. The molecular weight excluding hydrogens is 282 g/mol. The minimum atomic E-state index is -1.47. The summed E-state index contributed by atoms with van der Waals surface area (Å²) in [7, 11) is 0. The van der Waals surface area contributed by atoms with E-state index in [-0.39, 0.29) is 11.5 Å². The minimum absolute atomic E-state index is 0.0207. The largest absolute Gasteiger partial charge is 0.478 e. The Labute approximate surface area is 116 Å². The second kappa shape index (κ2) is 4.51. The summed E-state index contributed by atoms with van der Waals surface area (Å²) in [6.07, 6.45) is 1.43. The van der Waals surface area contributed by atoms with Crippen molar-refractivity contribution < 1.29 is 18.7 Å². The topological polar surface area (TPSA) is 93.5 Å². The number of aromatic nitrogens is 3. The molecule has 0 aliphatic rings. The van der Waals surface area contributed by atoms with Crippen LogP contribution in [0.5, 0.6) is 0 Å². The Kier molecular flexibility index (Phi) is 2.79. The summed E-state index contributed by atoms with van der Waals surface area (Å²) in [6.45, 7) is 0. The summed E-state index contributed by atoms with van der Waals surface area (Å²) in [5, 5.41) is 12.7. The molecular formula is C13H8F2N4O2. The van der Waals surface area contributed by atoms with Crippen molar-refractivity contribution in [3.05, 3.63) is 47.7 Å². The van der Waals surface area contributed by atoms with Gasteiger partial charge in [-0.1, -0.05) is 0 Å². The third-order valence-electron chi connectivity index (χ3n) is 2.96. The SMILES string of the molecule is Nc1nc2cc(-c3c(F)ccc(C(=O)O)c3F)ccn2n1. The lowest BCUT2D eigenvalue weighted by atomic mass is 10.0. The number of hydrogen-bond donors (Lipinski definition) is 2. The Bertz CT molecular complexity index is 876. The van der Waals surface area contributed by atoms with Crippen molar-refractivity contribution in [1.82, 2.24) is 14.6 Å². The molecule has 3 N–H and O–H groups in total. The van der Waals surface area contributed by atoms with Crippen LogP contribution < -0.4 is 5.73 Å². The van der Waals surface area contributed by atoms with Crippen LogP contribution in [0.4, 0.5) is 14.7 Å². The maximum atomic E-state index is 14.2. The minimum Gasteiger partial charge on any atom is -0.478 e. The molecule has 0 aliphatic heterocycles. The molecule has 0 amide bonds. The number of nitrogens with two attached hydrogens (primary N) is 1. The number of hydrogen-bond acceptors (Lipinski definition) is 4. The Balaban J connectivity index is 2.26. The van der Waals surface area contributed by atoms with E-state index in [1.165, 1.54) is 22.8 Å². The molecule has 0 spiro atoms. The van der Waals surface area contributed by atoms with Gasteiger partial charge in [0.05, 0.1) is 11.1 Å². The monoisotopic (exact) mass is 290 g/mol. The number of carboxylic acids is 1. The number of aromatic carboxylic acids is 1. The number of nitrogens with zero attached hydrogens (tertiary/aromatic N) is 3. The van der Waals surface area contributed by atoms with Crippen molar-refractivity contribution in [2.75, 3.05) is 5.73 Å². The van der Waals surface area contributed by atoms with E-state index in [4.69, 9.17) is 10.8 Å². The molecule has 1 aromatic carbocycles. The van der Waals surface area contributed by atoms with Crippen LogP contribution in [0.15, 0.2) is 30.5 Å². The number of rotatable bonds is 2. The number of anilines is 1. The van der Waals surface area contributed by atoms with Gasteiger partial charge in [-0.25, -0.2) is 18.1 Å². The van der Waals surface area contributed by atoms with Crippen molar-refractivity contribution in [2.24, 2.45) is 0 Å². The molecule has 3 rings (SSSR count). The molecule has 2 aromatic heterocycles. The van der Waals surface area contributed by atoms with Gasteiger partial charge in [-0.15, -0.1) is 5.10 Å². The van der Waals surface area contributed by atoms with Gasteiger partial charge >= 0.3 is 5.97 Å². The van der Waals surface area contributed by atoms with E-state index in [1.54, 1.807) is 0 Å². The molecule has 0 saturated carbocycles. The first-order valence-electron chi connectivity index (χ1n) is 5.81. The van der Waals surface area contributed by atoms with E-state index in [9.17, 15) is 13.6 Å². The van der Waals surface area contributed by atoms with E-state index in [1.807, 2.05) is 0 Å². The van der Waals surface area contributed by atoms with Crippen LogP contribution in [0, 0.1) is 11.6 Å². The van der Waals surface area contributed by atoms with Crippen molar-refractivity contribution >= 4 is 17.6 Å². The van der Waals surface area contributed by atoms with E-state index in [0.717, 1.165) is 12.1 Å². The predicted octanol–water partition coefficient (Wildman–Crippen LogP) is 1.95. The maximum Gasteiger partial charge on any atom is 0.338 e. The molecule has 0 bridgehead atoms. The van der Waals surface area contributed by atoms with Gasteiger partial charge < -0.3 is 10.8 Å². The van der Waals surface area contributed by atoms with E-state index in [0.29, 0.717) is 5.65 Å². The first kappa shape index (κ1) is 13.0. The lowest BCUT2D eigenvalue weighted by Crippen LogP contribution is -2.04. The number of pyridine rings is 1. The highest BCUT2D eigenvalue weighted by atomic mass is 19.1. The van der Waals surface area contributed by atoms with Crippen LogP contribution in [-0.4, -0.2) is 25.7 Å². The molecule has 2 heterocycles. The highest BCUT2D eigenvalue weighted by Gasteiger charge is 2.20. The maximum absolute atomic E-state index is 14.2. The number of halogens is 2. The smallest absolute Gasteiger partial charge is 0.338 e. The van der Waals surface area contributed by atoms with Crippen molar-refractivity contribution in [1.29, 1.82) is 0 Å². The molecule has 0 radical (unpaired) electrons. The summed E-state index contributed by atoms with van der Waals surface area (Å²) in [4.78, 5) is 14.8. The second-order valence-corrected chi connectivity index (χ2v) is 4.28. The van der Waals surface area contributed by atoms with Gasteiger partial charge in [-0.2, -0.15) is 4.98 Å². The second-order valence-electron chi connectivity index (χ2n) is 4.28. The number of nitrogen functional groups attached to an aromatic ring is 1. The van der Waals surface area contributed by atoms with Gasteiger partial charge in [0.25, 0.3) is 0 Å². The van der Waals surface area contributed by atoms with Gasteiger partial charge in [0.2, 0.25) is 5.95 Å². The molecule has 0 unspecified atom stereocenters. The summed E-state index contributed by atoms with van der Waals surface area (Å²) >= 11 is 0. The van der Waals surface area contributed by atoms with Crippen LogP contribution >= 0.6 is 0 Å². The Hall–Kier alpha value is -3.03. The van der Waals surface area contributed by atoms with Crippen LogP contribution in [0.2, 0.25) is 0 Å². The fraction of sp³-hybridized carbons (Fsp3) is 0. The molecule has 0 atom stereocenters. The van der Waals surface area contributed by atoms with Crippen LogP contribution in [0.25, 0.3) is 16.8 Å². The summed E-state index contributed by atoms with van der Waals surface area (Å²) in [6, 6.07) is 4.55. The van der Waals surface area contributed by atoms with Gasteiger partial charge in [-0.3, -0.25) is 0 Å². The molecule has 8 heteroatoms. The first-order valence-corrected chi connectivity index (χ1v) is 5.81. The van der Waals surface area contributed by atoms with Crippen molar-refractivity contribution in [2.45, 2.75) is 0 Å². The van der Waals surface area contributed by atoms with E-state index < -0.39 is 28.7 Å². The third kappa shape index (κ3) is 2.06. The van der Waals surface area contributed by atoms with E-state index >= 15 is 0 Å². The van der Waals surface area contributed by atoms with Crippen LogP contribution in [0.3, 0.4) is 0 Å². The van der Waals surface area contributed by atoms with E-state index in [2.05, 4.69) is 10.1 Å². The first-order chi connectivity index (χ1) is 9.97. The zero-order valence-corrected chi connectivity index (χ0v) is 10.4. The Morgan fingerprint density at radius 3 is 2.76 bits per heavy atom. The standard InChI is InChI=1S/C13H8F2N4O2/c14-8-2-1-7(12(20)21)11(15)10(8)6-3-4-19-9(5-6)17-13(16)18-19/h1-5H,(H2,16,18)(H,20,21). The van der Waals surface area contributed by atoms with Crippen LogP contribution in [-0.2, 0) is 0 Å². The quantitative estimate of drug-likeness (QED) is 0.752. The molecule has 106 valence electrons. The highest BCUT2D eigenvalue weighted by Crippen LogP contribution is 2.29. The van der Waals surface area contributed by atoms with Gasteiger partial charge in [0.15, 0.2) is 5.65 Å². The molecule has 0 fully saturated rings. The summed E-state index contributed by atoms with van der Waals surface area (Å²) < 4.78 is 29.4. The number of benzene rings is 1. The summed E-state index contributed by atoms with van der Waals surface area (Å²) in [5.74, 6) is -3.46. The summed E-state index contributed by atoms with van der Waals surface area (Å²) in [5.41, 5.74) is 4.84. The zero-order chi connectivity index (χ0) is 15.1. The molecule has 0 aliphatic carbocycles. The molecule has 21 heavy (non-hydrogen) atoms. The fourth-order valence-corrected chi connectivity index (χ4v) is 2.04. The normalized spacial score (nSPS) is 11.0. The Morgan fingerprint density at radius 2 is 2.05 bits per heavy atom. The van der Waals surface area contributed by atoms with Crippen molar-refractivity contribution in [3.8, 4) is 11.1 Å². The zero-order valence-electron chi connectivity index (χ0n) is 10.4.